The Balaban J connectivity index is 1.55. The summed E-state index contributed by atoms with van der Waals surface area (Å²) in [5, 5.41) is 11.6. The van der Waals surface area contributed by atoms with Crippen molar-refractivity contribution in [1.82, 2.24) is 20.4 Å². The fourth-order valence-electron chi connectivity index (χ4n) is 3.36. The Hall–Kier alpha value is -2.12. The van der Waals surface area contributed by atoms with Crippen molar-refractivity contribution in [1.29, 1.82) is 0 Å². The van der Waals surface area contributed by atoms with Crippen molar-refractivity contribution < 1.29 is 14.0 Å². The lowest BCUT2D eigenvalue weighted by atomic mass is 9.98. The van der Waals surface area contributed by atoms with Gasteiger partial charge in [0.1, 0.15) is 12.1 Å². The molecule has 3 amide bonds. The molecule has 2 heterocycles. The normalized spacial score (nSPS) is 19.0. The zero-order chi connectivity index (χ0) is 17.6. The molecule has 2 aliphatic rings. The number of hydrogen-bond acceptors (Lipinski definition) is 5. The molecule has 4 rings (SSSR count). The second-order valence-corrected chi connectivity index (χ2v) is 7.08. The molecule has 9 heteroatoms. The third-order valence-corrected chi connectivity index (χ3v) is 5.17. The Morgan fingerprint density at radius 3 is 2.68 bits per heavy atom. The number of rotatable bonds is 3. The molecule has 0 unspecified atom stereocenters. The van der Waals surface area contributed by atoms with E-state index in [0.717, 1.165) is 17.7 Å². The number of carbonyl (C=O) groups is 2. The van der Waals surface area contributed by atoms with Crippen LogP contribution in [0.4, 0.5) is 4.79 Å². The summed E-state index contributed by atoms with van der Waals surface area (Å²) in [4.78, 5) is 25.9. The van der Waals surface area contributed by atoms with Crippen molar-refractivity contribution in [3.63, 3.8) is 0 Å². The molecule has 1 aromatic carbocycles. The second-order valence-electron chi connectivity index (χ2n) is 6.24. The summed E-state index contributed by atoms with van der Waals surface area (Å²) in [7, 11) is 0. The van der Waals surface area contributed by atoms with Gasteiger partial charge in [-0.3, -0.25) is 9.69 Å². The molecule has 2 fully saturated rings. The van der Waals surface area contributed by atoms with E-state index in [9.17, 15) is 9.59 Å². The summed E-state index contributed by atoms with van der Waals surface area (Å²) in [5.74, 6) is 0.151. The summed E-state index contributed by atoms with van der Waals surface area (Å²) >= 11 is 12.0. The Morgan fingerprint density at radius 1 is 1.20 bits per heavy atom. The first kappa shape index (κ1) is 16.4. The fourth-order valence-corrected chi connectivity index (χ4v) is 3.85. The molecular formula is C16H14Cl2N4O3. The predicted octanol–water partition coefficient (Wildman–Crippen LogP) is 3.41. The first-order valence-electron chi connectivity index (χ1n) is 7.90. The molecule has 25 heavy (non-hydrogen) atoms. The van der Waals surface area contributed by atoms with Crippen LogP contribution in [0.2, 0.25) is 10.0 Å². The van der Waals surface area contributed by atoms with Gasteiger partial charge in [0.15, 0.2) is 0 Å². The topological polar surface area (TPSA) is 88.3 Å². The first-order chi connectivity index (χ1) is 12.0. The SMILES string of the molecule is O=C1NC2(CCCC2)C(=O)N1Cc1nnc(-c2ccc(Cl)cc2Cl)o1. The molecule has 7 nitrogen and oxygen atoms in total. The molecule has 1 aromatic heterocycles. The van der Waals surface area contributed by atoms with Gasteiger partial charge in [-0.15, -0.1) is 10.2 Å². The molecule has 0 radical (unpaired) electrons. The van der Waals surface area contributed by atoms with E-state index in [1.54, 1.807) is 18.2 Å². The third kappa shape index (κ3) is 2.77. The molecular weight excluding hydrogens is 367 g/mol. The summed E-state index contributed by atoms with van der Waals surface area (Å²) in [6, 6.07) is 4.48. The fraction of sp³-hybridized carbons (Fsp3) is 0.375. The lowest BCUT2D eigenvalue weighted by Crippen LogP contribution is -2.44. The summed E-state index contributed by atoms with van der Waals surface area (Å²) in [5.41, 5.74) is -0.214. The van der Waals surface area contributed by atoms with Crippen LogP contribution in [0.1, 0.15) is 31.6 Å². The molecule has 1 saturated heterocycles. The highest BCUT2D eigenvalue weighted by Gasteiger charge is 2.52. The molecule has 1 N–H and O–H groups in total. The van der Waals surface area contributed by atoms with E-state index < -0.39 is 11.6 Å². The minimum absolute atomic E-state index is 0.0649. The molecule has 2 aromatic rings. The highest BCUT2D eigenvalue weighted by molar-refractivity contribution is 6.36. The standard InChI is InChI=1S/C16H14Cl2N4O3/c17-9-3-4-10(11(18)7-9)13-21-20-12(25-13)8-22-14(23)16(19-15(22)24)5-1-2-6-16/h3-4,7H,1-2,5-6,8H2,(H,19,24). The van der Waals surface area contributed by atoms with Gasteiger partial charge in [-0.05, 0) is 31.0 Å². The number of carbonyl (C=O) groups excluding carboxylic acids is 2. The minimum Gasteiger partial charge on any atom is -0.419 e. The number of benzene rings is 1. The van der Waals surface area contributed by atoms with Crippen molar-refractivity contribution in [2.24, 2.45) is 0 Å². The number of aromatic nitrogens is 2. The van der Waals surface area contributed by atoms with Crippen molar-refractivity contribution in [3.05, 3.63) is 34.1 Å². The van der Waals surface area contributed by atoms with Crippen LogP contribution in [-0.4, -0.2) is 32.6 Å². The monoisotopic (exact) mass is 380 g/mol. The van der Waals surface area contributed by atoms with Gasteiger partial charge in [-0.2, -0.15) is 0 Å². The van der Waals surface area contributed by atoms with Crippen LogP contribution in [0.3, 0.4) is 0 Å². The highest BCUT2D eigenvalue weighted by atomic mass is 35.5. The second kappa shape index (κ2) is 6.00. The number of imide groups is 1. The Labute approximate surface area is 153 Å². The number of nitrogens with one attached hydrogen (secondary N) is 1. The molecule has 1 aliphatic carbocycles. The maximum Gasteiger partial charge on any atom is 0.325 e. The van der Waals surface area contributed by atoms with Crippen LogP contribution >= 0.6 is 23.2 Å². The van der Waals surface area contributed by atoms with Crippen LogP contribution in [0.5, 0.6) is 0 Å². The maximum absolute atomic E-state index is 12.6. The number of halogens is 2. The van der Waals surface area contributed by atoms with Crippen molar-refractivity contribution in [3.8, 4) is 11.5 Å². The average Bonchev–Trinajstić information content (AvgIpc) is 3.26. The minimum atomic E-state index is -0.751. The Morgan fingerprint density at radius 2 is 1.96 bits per heavy atom. The number of nitrogens with zero attached hydrogens (tertiary/aromatic N) is 3. The largest absolute Gasteiger partial charge is 0.419 e. The van der Waals surface area contributed by atoms with Gasteiger partial charge in [0, 0.05) is 5.02 Å². The van der Waals surface area contributed by atoms with Gasteiger partial charge >= 0.3 is 6.03 Å². The smallest absolute Gasteiger partial charge is 0.325 e. The lowest BCUT2D eigenvalue weighted by molar-refractivity contribution is -0.131. The van der Waals surface area contributed by atoms with Crippen LogP contribution in [0.15, 0.2) is 22.6 Å². The molecule has 1 saturated carbocycles. The number of amides is 3. The molecule has 130 valence electrons. The molecule has 0 bridgehead atoms. The van der Waals surface area contributed by atoms with E-state index in [1.165, 1.54) is 0 Å². The lowest BCUT2D eigenvalue weighted by Gasteiger charge is -2.19. The predicted molar refractivity (Wildman–Crippen MR) is 90.0 cm³/mol. The van der Waals surface area contributed by atoms with E-state index in [-0.39, 0.29) is 24.2 Å². The van der Waals surface area contributed by atoms with Crippen LogP contribution in [-0.2, 0) is 11.3 Å². The molecule has 0 atom stereocenters. The molecule has 1 aliphatic heterocycles. The van der Waals surface area contributed by atoms with Crippen molar-refractivity contribution in [2.45, 2.75) is 37.8 Å². The van der Waals surface area contributed by atoms with Gasteiger partial charge in [-0.25, -0.2) is 4.79 Å². The summed E-state index contributed by atoms with van der Waals surface area (Å²) in [6.07, 6.45) is 3.20. The Bertz CT molecular complexity index is 861. The van der Waals surface area contributed by atoms with Gasteiger partial charge in [-0.1, -0.05) is 36.0 Å². The van der Waals surface area contributed by atoms with E-state index in [1.807, 2.05) is 0 Å². The number of urea groups is 1. The van der Waals surface area contributed by atoms with Gasteiger partial charge < -0.3 is 9.73 Å². The zero-order valence-corrected chi connectivity index (χ0v) is 14.6. The highest BCUT2D eigenvalue weighted by Crippen LogP contribution is 2.36. The van der Waals surface area contributed by atoms with Crippen molar-refractivity contribution >= 4 is 35.1 Å². The maximum atomic E-state index is 12.6. The van der Waals surface area contributed by atoms with Gasteiger partial charge in [0.2, 0.25) is 11.8 Å². The van der Waals surface area contributed by atoms with Crippen molar-refractivity contribution in [2.75, 3.05) is 0 Å². The van der Waals surface area contributed by atoms with Crippen LogP contribution < -0.4 is 5.32 Å². The van der Waals surface area contributed by atoms with E-state index in [4.69, 9.17) is 27.6 Å². The average molecular weight is 381 g/mol. The van der Waals surface area contributed by atoms with E-state index >= 15 is 0 Å². The molecule has 1 spiro atoms. The Kier molecular flexibility index (Phi) is 3.92. The van der Waals surface area contributed by atoms with Gasteiger partial charge in [0.25, 0.3) is 5.91 Å². The van der Waals surface area contributed by atoms with Crippen LogP contribution in [0, 0.1) is 0 Å². The summed E-state index contributed by atoms with van der Waals surface area (Å²) < 4.78 is 5.58. The third-order valence-electron chi connectivity index (χ3n) is 4.62. The zero-order valence-electron chi connectivity index (χ0n) is 13.1. The van der Waals surface area contributed by atoms with E-state index in [0.29, 0.717) is 28.5 Å². The van der Waals surface area contributed by atoms with Crippen LogP contribution in [0.25, 0.3) is 11.5 Å². The van der Waals surface area contributed by atoms with Gasteiger partial charge in [0.05, 0.1) is 10.6 Å². The summed E-state index contributed by atoms with van der Waals surface area (Å²) in [6.45, 7) is -0.0649. The first-order valence-corrected chi connectivity index (χ1v) is 8.66. The number of hydrogen-bond donors (Lipinski definition) is 1. The van der Waals surface area contributed by atoms with E-state index in [2.05, 4.69) is 15.5 Å². The quantitative estimate of drug-likeness (QED) is 0.824.